The summed E-state index contributed by atoms with van der Waals surface area (Å²) in [4.78, 5) is 47.2. The molecule has 6 aromatic carbocycles. The van der Waals surface area contributed by atoms with Crippen molar-refractivity contribution in [2.75, 3.05) is 18.2 Å². The number of nitrogen functional groups attached to an aromatic ring is 1. The molecular formula is C49H41FN12O5. The van der Waals surface area contributed by atoms with E-state index in [9.17, 15) is 23.6 Å². The zero-order valence-electron chi connectivity index (χ0n) is 36.8. The Morgan fingerprint density at radius 1 is 0.597 bits per heavy atom. The van der Waals surface area contributed by atoms with Crippen LogP contribution in [-0.4, -0.2) is 74.5 Å². The average molecular weight is 898 g/mol. The molecule has 0 saturated carbocycles. The minimum atomic E-state index is -1.06. The van der Waals surface area contributed by atoms with E-state index in [1.165, 1.54) is 4.68 Å². The SMILES string of the molecule is Cc1c(C(=O)Nc2ccc(-c3n[nH]c(=O)c4ccccc34)cc2)nnn1-c1ccccc1.Cc1c(C(=O)O)nnn1-c1ccccc1.Nc1ccc(-c2n[nH]c(=O)c3ccccc23)cc1.[2H]CF. The van der Waals surface area contributed by atoms with Crippen LogP contribution < -0.4 is 22.2 Å². The number of anilines is 2. The van der Waals surface area contributed by atoms with Crippen LogP contribution in [-0.2, 0) is 0 Å². The number of hydrogen-bond donors (Lipinski definition) is 5. The highest BCUT2D eigenvalue weighted by Gasteiger charge is 2.18. The molecule has 0 aliphatic carbocycles. The summed E-state index contributed by atoms with van der Waals surface area (Å²) < 4.78 is 18.6. The van der Waals surface area contributed by atoms with Gasteiger partial charge >= 0.3 is 5.97 Å². The van der Waals surface area contributed by atoms with Crippen LogP contribution >= 0.6 is 0 Å². The average Bonchev–Trinajstić information content (AvgIpc) is 3.96. The molecule has 10 rings (SSSR count). The molecule has 18 heteroatoms. The van der Waals surface area contributed by atoms with Crippen molar-refractivity contribution in [2.45, 2.75) is 13.8 Å². The number of aromatic carboxylic acids is 1. The summed E-state index contributed by atoms with van der Waals surface area (Å²) in [6, 6.07) is 48.2. The summed E-state index contributed by atoms with van der Waals surface area (Å²) in [6.45, 7) is 3.48. The van der Waals surface area contributed by atoms with Gasteiger partial charge in [-0.3, -0.25) is 18.8 Å². The molecule has 1 amide bonds. The predicted molar refractivity (Wildman–Crippen MR) is 254 cm³/mol. The quantitative estimate of drug-likeness (QED) is 0.0964. The molecule has 4 aromatic heterocycles. The summed E-state index contributed by atoms with van der Waals surface area (Å²) in [7, 11) is -1.00. The van der Waals surface area contributed by atoms with Crippen molar-refractivity contribution in [2.24, 2.45) is 0 Å². The van der Waals surface area contributed by atoms with Crippen molar-refractivity contribution in [1.82, 2.24) is 50.4 Å². The van der Waals surface area contributed by atoms with Gasteiger partial charge in [0.15, 0.2) is 11.4 Å². The molecule has 0 fully saturated rings. The van der Waals surface area contributed by atoms with E-state index in [1.54, 1.807) is 42.8 Å². The van der Waals surface area contributed by atoms with Crippen LogP contribution in [0.25, 0.3) is 55.4 Å². The number of nitrogens with zero attached hydrogens (tertiary/aromatic N) is 8. The van der Waals surface area contributed by atoms with Gasteiger partial charge in [0.25, 0.3) is 17.0 Å². The number of carboxylic acids is 1. The predicted octanol–water partition coefficient (Wildman–Crippen LogP) is 7.76. The second-order valence-electron chi connectivity index (χ2n) is 14.4. The Kier molecular flexibility index (Phi) is 13.7. The van der Waals surface area contributed by atoms with E-state index in [4.69, 9.17) is 12.2 Å². The van der Waals surface area contributed by atoms with Crippen molar-refractivity contribution >= 4 is 44.8 Å². The molecule has 0 radical (unpaired) electrons. The first-order valence-corrected chi connectivity index (χ1v) is 20.3. The smallest absolute Gasteiger partial charge is 0.358 e. The first-order chi connectivity index (χ1) is 33.0. The lowest BCUT2D eigenvalue weighted by atomic mass is 10.0. The number of nitrogens with two attached hydrogens (primary N) is 1. The number of carboxylic acid groups (broad SMARTS) is 1. The van der Waals surface area contributed by atoms with Crippen LogP contribution in [0.5, 0.6) is 0 Å². The Morgan fingerprint density at radius 3 is 1.42 bits per heavy atom. The van der Waals surface area contributed by atoms with E-state index < -0.39 is 13.1 Å². The summed E-state index contributed by atoms with van der Waals surface area (Å²) in [5.74, 6) is -1.40. The van der Waals surface area contributed by atoms with Crippen LogP contribution in [0.1, 0.15) is 33.7 Å². The number of amides is 1. The number of para-hydroxylation sites is 2. The molecule has 0 spiro atoms. The maximum atomic E-state index is 12.8. The first kappa shape index (κ1) is 44.2. The van der Waals surface area contributed by atoms with Crippen LogP contribution in [0.15, 0.2) is 167 Å². The Morgan fingerprint density at radius 2 is 0.985 bits per heavy atom. The van der Waals surface area contributed by atoms with Gasteiger partial charge in [-0.15, -0.1) is 10.2 Å². The Labute approximate surface area is 381 Å². The number of nitrogens with one attached hydrogen (secondary N) is 3. The number of aromatic nitrogens is 10. The van der Waals surface area contributed by atoms with Gasteiger partial charge in [-0.05, 0) is 74.5 Å². The zero-order chi connectivity index (χ0) is 48.2. The molecular weight excluding hydrogens is 856 g/mol. The fourth-order valence-electron chi connectivity index (χ4n) is 6.91. The van der Waals surface area contributed by atoms with Gasteiger partial charge in [0.1, 0.15) is 0 Å². The number of hydrogen-bond acceptors (Lipinski definition) is 11. The van der Waals surface area contributed by atoms with Gasteiger partial charge < -0.3 is 16.2 Å². The highest BCUT2D eigenvalue weighted by atomic mass is 19.1. The minimum absolute atomic E-state index is 0.0150. The van der Waals surface area contributed by atoms with Gasteiger partial charge in [0.2, 0.25) is 0 Å². The van der Waals surface area contributed by atoms with E-state index in [0.717, 1.165) is 39.0 Å². The highest BCUT2D eigenvalue weighted by molar-refractivity contribution is 6.04. The number of halogens is 1. The molecule has 0 atom stereocenters. The first-order valence-electron chi connectivity index (χ1n) is 21.0. The summed E-state index contributed by atoms with van der Waals surface area (Å²) in [6.07, 6.45) is 0. The third kappa shape index (κ3) is 10.2. The lowest BCUT2D eigenvalue weighted by molar-refractivity contribution is 0.0689. The fraction of sp³-hybridized carbons (Fsp3) is 0.0612. The summed E-state index contributed by atoms with van der Waals surface area (Å²) in [5.41, 5.74) is 12.8. The van der Waals surface area contributed by atoms with Gasteiger partial charge in [0.05, 0.1) is 53.4 Å². The standard InChI is InChI=1S/C24H18N6O2.C14H11N3O.C10H9N3O2.CH3F/c1-15-21(27-29-30(15)18-7-3-2-4-8-18)24(32)25-17-13-11-16(12-14-17)22-19-9-5-6-10-20(19)23(31)28-26-22;15-10-7-5-9(6-8-10)13-11-3-1-2-4-12(11)14(18)17-16-13;1-7-9(10(14)15)11-12-13(7)8-5-3-2-4-6-8;1-2/h2-14H,1H3,(H,25,32)(H,28,31);1-8H,15H2,(H,17,18);2-6H,1H3,(H,14,15);1H3/i;;;1D. The maximum absolute atomic E-state index is 12.8. The number of benzene rings is 6. The monoisotopic (exact) mass is 897 g/mol. The van der Waals surface area contributed by atoms with E-state index in [0.29, 0.717) is 39.2 Å². The van der Waals surface area contributed by atoms with Crippen LogP contribution in [0.3, 0.4) is 0 Å². The largest absolute Gasteiger partial charge is 0.476 e. The number of carbonyl (C=O) groups excluding carboxylic acids is 1. The van der Waals surface area contributed by atoms with Gasteiger partial charge in [-0.2, -0.15) is 10.2 Å². The minimum Gasteiger partial charge on any atom is -0.476 e. The molecule has 334 valence electrons. The van der Waals surface area contributed by atoms with Gasteiger partial charge in [0, 0.05) is 33.3 Å². The van der Waals surface area contributed by atoms with Crippen molar-refractivity contribution in [3.63, 3.8) is 0 Å². The van der Waals surface area contributed by atoms with E-state index in [1.807, 2.05) is 133 Å². The molecule has 0 aliphatic rings. The molecule has 4 heterocycles. The Balaban J connectivity index is 0.000000160. The van der Waals surface area contributed by atoms with E-state index in [-0.39, 0.29) is 28.4 Å². The number of H-pyrrole nitrogens is 2. The van der Waals surface area contributed by atoms with Crippen LogP contribution in [0.4, 0.5) is 15.8 Å². The zero-order valence-corrected chi connectivity index (χ0v) is 35.8. The number of fused-ring (bicyclic) bond motifs is 2. The van der Waals surface area contributed by atoms with E-state index in [2.05, 4.69) is 46.3 Å². The normalized spacial score (nSPS) is 10.6. The molecule has 67 heavy (non-hydrogen) atoms. The lowest BCUT2D eigenvalue weighted by Gasteiger charge is -2.08. The van der Waals surface area contributed by atoms with Crippen molar-refractivity contribution in [3.8, 4) is 33.9 Å². The molecule has 0 aliphatic heterocycles. The lowest BCUT2D eigenvalue weighted by Crippen LogP contribution is -2.14. The molecule has 0 unspecified atom stereocenters. The maximum Gasteiger partial charge on any atom is 0.358 e. The molecule has 6 N–H and O–H groups in total. The molecule has 17 nitrogen and oxygen atoms in total. The molecule has 0 saturated heterocycles. The Hall–Kier alpha value is -9.45. The Bertz CT molecular complexity index is 3450. The third-order valence-corrected chi connectivity index (χ3v) is 10.2. The molecule has 0 bridgehead atoms. The molecule has 10 aromatic rings. The second kappa shape index (κ2) is 20.8. The van der Waals surface area contributed by atoms with Crippen LogP contribution in [0, 0.1) is 13.8 Å². The van der Waals surface area contributed by atoms with E-state index >= 15 is 0 Å². The highest BCUT2D eigenvalue weighted by Crippen LogP contribution is 2.27. The third-order valence-electron chi connectivity index (χ3n) is 10.2. The van der Waals surface area contributed by atoms with Crippen LogP contribution in [0.2, 0.25) is 0 Å². The fourth-order valence-corrected chi connectivity index (χ4v) is 6.91. The summed E-state index contributed by atoms with van der Waals surface area (Å²) in [5, 5.41) is 43.4. The topological polar surface area (TPSA) is 245 Å². The van der Waals surface area contributed by atoms with Crippen molar-refractivity contribution in [3.05, 3.63) is 201 Å². The number of carbonyl (C=O) groups is 2. The number of rotatable bonds is 7. The van der Waals surface area contributed by atoms with Gasteiger partial charge in [-0.25, -0.2) is 24.4 Å². The number of aromatic amines is 2. The second-order valence-corrected chi connectivity index (χ2v) is 14.4. The number of alkyl halides is 1. The van der Waals surface area contributed by atoms with Gasteiger partial charge in [-0.1, -0.05) is 107 Å². The summed E-state index contributed by atoms with van der Waals surface area (Å²) >= 11 is 0. The van der Waals surface area contributed by atoms with Crippen molar-refractivity contribution in [1.29, 1.82) is 0 Å². The van der Waals surface area contributed by atoms with Crippen molar-refractivity contribution < 1.29 is 20.5 Å².